The van der Waals surface area contributed by atoms with Crippen LogP contribution in [-0.2, 0) is 26.5 Å². The van der Waals surface area contributed by atoms with E-state index in [1.54, 1.807) is 4.90 Å². The lowest BCUT2D eigenvalue weighted by atomic mass is 9.76. The number of hydrogen-bond acceptors (Lipinski definition) is 4. The van der Waals surface area contributed by atoms with E-state index in [1.165, 1.54) is 4.90 Å². The van der Waals surface area contributed by atoms with Crippen molar-refractivity contribution in [1.29, 1.82) is 0 Å². The second kappa shape index (κ2) is 6.89. The van der Waals surface area contributed by atoms with E-state index < -0.39 is 17.4 Å². The molecule has 3 aliphatic rings. The summed E-state index contributed by atoms with van der Waals surface area (Å²) < 4.78 is 0. The Bertz CT molecular complexity index is 1110. The van der Waals surface area contributed by atoms with Crippen LogP contribution in [0.1, 0.15) is 25.0 Å². The molecule has 0 aliphatic carbocycles. The molecule has 2 aromatic carbocycles. The molecule has 5 rings (SSSR count). The van der Waals surface area contributed by atoms with Crippen LogP contribution in [0.25, 0.3) is 0 Å². The molecule has 6 nitrogen and oxygen atoms in total. The van der Waals surface area contributed by atoms with Crippen molar-refractivity contribution in [2.24, 2.45) is 11.8 Å². The molecule has 2 fully saturated rings. The summed E-state index contributed by atoms with van der Waals surface area (Å²) in [6, 6.07) is 16.7. The molecular formula is C25H25N3O3. The highest BCUT2D eigenvalue weighted by Crippen LogP contribution is 2.54. The molecule has 0 saturated carbocycles. The first-order valence-corrected chi connectivity index (χ1v) is 10.6. The van der Waals surface area contributed by atoms with Crippen molar-refractivity contribution in [2.75, 3.05) is 11.4 Å². The summed E-state index contributed by atoms with van der Waals surface area (Å²) in [6.45, 7) is 8.33. The van der Waals surface area contributed by atoms with Gasteiger partial charge in [-0.2, -0.15) is 0 Å². The highest BCUT2D eigenvalue weighted by Gasteiger charge is 2.70. The van der Waals surface area contributed by atoms with Gasteiger partial charge in [-0.25, -0.2) is 0 Å². The van der Waals surface area contributed by atoms with Crippen LogP contribution in [0.4, 0.5) is 5.69 Å². The van der Waals surface area contributed by atoms with Gasteiger partial charge in [0.1, 0.15) is 5.54 Å². The van der Waals surface area contributed by atoms with Crippen molar-refractivity contribution in [3.05, 3.63) is 77.9 Å². The fourth-order valence-electron chi connectivity index (χ4n) is 5.52. The summed E-state index contributed by atoms with van der Waals surface area (Å²) in [6.07, 6.45) is 0. The maximum atomic E-state index is 13.9. The lowest BCUT2D eigenvalue weighted by Crippen LogP contribution is -2.54. The van der Waals surface area contributed by atoms with Crippen molar-refractivity contribution in [1.82, 2.24) is 10.2 Å². The number of imide groups is 1. The lowest BCUT2D eigenvalue weighted by molar-refractivity contribution is -0.143. The number of nitrogens with one attached hydrogen (secondary N) is 1. The molecule has 3 amide bonds. The van der Waals surface area contributed by atoms with Gasteiger partial charge in [-0.15, -0.1) is 0 Å². The topological polar surface area (TPSA) is 69.7 Å². The Labute approximate surface area is 181 Å². The van der Waals surface area contributed by atoms with Crippen LogP contribution in [0.15, 0.2) is 66.7 Å². The second-order valence-corrected chi connectivity index (χ2v) is 8.86. The van der Waals surface area contributed by atoms with Crippen LogP contribution in [0, 0.1) is 11.8 Å². The number of amides is 3. The maximum absolute atomic E-state index is 13.9. The first-order chi connectivity index (χ1) is 14.9. The number of hydrogen-bond donors (Lipinski definition) is 1. The third-order valence-electron chi connectivity index (χ3n) is 6.72. The van der Waals surface area contributed by atoms with E-state index in [-0.39, 0.29) is 30.3 Å². The number of nitrogens with zero attached hydrogens (tertiary/aromatic N) is 2. The van der Waals surface area contributed by atoms with E-state index in [0.717, 1.165) is 22.4 Å². The van der Waals surface area contributed by atoms with Crippen molar-refractivity contribution in [2.45, 2.75) is 32.0 Å². The van der Waals surface area contributed by atoms with Crippen LogP contribution >= 0.6 is 0 Å². The molecule has 158 valence electrons. The molecule has 1 spiro atoms. The quantitative estimate of drug-likeness (QED) is 0.616. The number of carbonyl (C=O) groups excluding carboxylic acids is 3. The van der Waals surface area contributed by atoms with E-state index in [1.807, 2.05) is 68.4 Å². The van der Waals surface area contributed by atoms with Crippen molar-refractivity contribution in [3.8, 4) is 0 Å². The van der Waals surface area contributed by atoms with Gasteiger partial charge in [0.15, 0.2) is 0 Å². The molecule has 3 aliphatic heterocycles. The molecule has 2 saturated heterocycles. The number of rotatable bonds is 4. The largest absolute Gasteiger partial charge is 0.306 e. The van der Waals surface area contributed by atoms with Crippen LogP contribution < -0.4 is 10.2 Å². The molecule has 3 heterocycles. The Balaban J connectivity index is 1.60. The third-order valence-corrected chi connectivity index (χ3v) is 6.72. The lowest BCUT2D eigenvalue weighted by Gasteiger charge is -2.30. The summed E-state index contributed by atoms with van der Waals surface area (Å²) in [5, 5.41) is 3.40. The van der Waals surface area contributed by atoms with Gasteiger partial charge in [-0.3, -0.25) is 24.6 Å². The van der Waals surface area contributed by atoms with E-state index in [4.69, 9.17) is 0 Å². The number of para-hydroxylation sites is 1. The van der Waals surface area contributed by atoms with E-state index in [9.17, 15) is 14.4 Å². The molecule has 2 aromatic rings. The molecule has 6 heteroatoms. The van der Waals surface area contributed by atoms with Gasteiger partial charge >= 0.3 is 0 Å². The minimum absolute atomic E-state index is 0.182. The highest BCUT2D eigenvalue weighted by atomic mass is 16.2. The zero-order chi connectivity index (χ0) is 21.9. The first-order valence-electron chi connectivity index (χ1n) is 10.6. The summed E-state index contributed by atoms with van der Waals surface area (Å²) in [5.74, 6) is -2.00. The van der Waals surface area contributed by atoms with Crippen LogP contribution in [0.2, 0.25) is 0 Å². The van der Waals surface area contributed by atoms with E-state index in [2.05, 4.69) is 11.9 Å². The smallest absolute Gasteiger partial charge is 0.253 e. The van der Waals surface area contributed by atoms with Gasteiger partial charge < -0.3 is 4.90 Å². The molecular weight excluding hydrogens is 390 g/mol. The number of benzene rings is 2. The number of fused-ring (bicyclic) bond motifs is 4. The van der Waals surface area contributed by atoms with Crippen LogP contribution in [-0.4, -0.2) is 35.2 Å². The number of anilines is 1. The summed E-state index contributed by atoms with van der Waals surface area (Å²) in [5.41, 5.74) is 2.05. The highest BCUT2D eigenvalue weighted by molar-refractivity contribution is 6.16. The molecule has 4 atom stereocenters. The predicted octanol–water partition coefficient (Wildman–Crippen LogP) is 2.60. The van der Waals surface area contributed by atoms with Gasteiger partial charge in [0.05, 0.1) is 18.4 Å². The summed E-state index contributed by atoms with van der Waals surface area (Å²) in [7, 11) is 0. The fraction of sp³-hybridized carbons (Fsp3) is 0.320. The zero-order valence-electron chi connectivity index (χ0n) is 17.7. The van der Waals surface area contributed by atoms with E-state index in [0.29, 0.717) is 6.54 Å². The van der Waals surface area contributed by atoms with Crippen LogP contribution in [0.5, 0.6) is 0 Å². The Morgan fingerprint density at radius 3 is 2.39 bits per heavy atom. The van der Waals surface area contributed by atoms with E-state index >= 15 is 0 Å². The average Bonchev–Trinajstić information content (AvgIpc) is 3.29. The van der Waals surface area contributed by atoms with Gasteiger partial charge in [0, 0.05) is 23.8 Å². The molecule has 0 aromatic heterocycles. The Morgan fingerprint density at radius 1 is 1.00 bits per heavy atom. The van der Waals surface area contributed by atoms with Crippen LogP contribution in [0.3, 0.4) is 0 Å². The second-order valence-electron chi connectivity index (χ2n) is 8.86. The number of likely N-dealkylation sites (tertiary alicyclic amines) is 1. The fourth-order valence-corrected chi connectivity index (χ4v) is 5.52. The summed E-state index contributed by atoms with van der Waals surface area (Å²) in [4.78, 5) is 43.9. The Hall–Kier alpha value is -3.25. The average molecular weight is 415 g/mol. The van der Waals surface area contributed by atoms with Gasteiger partial charge in [0.2, 0.25) is 11.8 Å². The predicted molar refractivity (Wildman–Crippen MR) is 117 cm³/mol. The third kappa shape index (κ3) is 2.64. The SMILES string of the molecule is C=C(C)CN1C(=O)C2(NC(C)C3C(=O)N(Cc4ccccc4)C(=O)C32)c2ccccc21. The molecule has 4 unspecified atom stereocenters. The maximum Gasteiger partial charge on any atom is 0.253 e. The molecule has 1 N–H and O–H groups in total. The normalized spacial score (nSPS) is 29.1. The Kier molecular flexibility index (Phi) is 4.38. The number of carbonyl (C=O) groups is 3. The Morgan fingerprint density at radius 2 is 1.68 bits per heavy atom. The molecule has 0 radical (unpaired) electrons. The van der Waals surface area contributed by atoms with Gasteiger partial charge in [-0.05, 0) is 25.5 Å². The monoisotopic (exact) mass is 415 g/mol. The van der Waals surface area contributed by atoms with Crippen molar-refractivity contribution < 1.29 is 14.4 Å². The standard InChI is InChI=1S/C25H25N3O3/c1-15(2)13-27-19-12-8-7-11-18(19)25(24(27)31)21-20(16(3)26-25)22(29)28(23(21)30)14-17-9-5-4-6-10-17/h4-12,16,20-21,26H,1,13-14H2,2-3H3. The molecule has 31 heavy (non-hydrogen) atoms. The minimum Gasteiger partial charge on any atom is -0.306 e. The van der Waals surface area contributed by atoms with Crippen molar-refractivity contribution in [3.63, 3.8) is 0 Å². The van der Waals surface area contributed by atoms with Gasteiger partial charge in [-0.1, -0.05) is 60.7 Å². The van der Waals surface area contributed by atoms with Crippen molar-refractivity contribution >= 4 is 23.4 Å². The van der Waals surface area contributed by atoms with Gasteiger partial charge in [0.25, 0.3) is 5.91 Å². The summed E-state index contributed by atoms with van der Waals surface area (Å²) >= 11 is 0. The minimum atomic E-state index is -1.23. The zero-order valence-corrected chi connectivity index (χ0v) is 17.7. The molecule has 0 bridgehead atoms. The first kappa shape index (κ1) is 19.7.